The van der Waals surface area contributed by atoms with Crippen LogP contribution in [0.25, 0.3) is 0 Å². The Hall–Kier alpha value is -0.780. The van der Waals surface area contributed by atoms with Gasteiger partial charge < -0.3 is 5.11 Å². The summed E-state index contributed by atoms with van der Waals surface area (Å²) in [6.07, 6.45) is 5.03. The van der Waals surface area contributed by atoms with E-state index in [-0.39, 0.29) is 0 Å². The zero-order chi connectivity index (χ0) is 9.14. The van der Waals surface area contributed by atoms with Crippen molar-refractivity contribution in [1.29, 1.82) is 0 Å². The highest BCUT2D eigenvalue weighted by atomic mass is 32.1. The van der Waals surface area contributed by atoms with Crippen LogP contribution in [0.15, 0.2) is 5.38 Å². The number of hydrogen-bond acceptors (Lipinski definition) is 2. The van der Waals surface area contributed by atoms with Crippen LogP contribution in [0.3, 0.4) is 0 Å². The van der Waals surface area contributed by atoms with Gasteiger partial charge in [0.15, 0.2) is 0 Å². The van der Waals surface area contributed by atoms with E-state index in [2.05, 4.69) is 5.92 Å². The second-order valence-corrected chi connectivity index (χ2v) is 3.88. The summed E-state index contributed by atoms with van der Waals surface area (Å²) in [5, 5.41) is 11.6. The lowest BCUT2D eigenvalue weighted by atomic mass is 10.1. The van der Waals surface area contributed by atoms with Crippen LogP contribution in [0.4, 0.5) is 0 Å². The molecule has 1 aromatic heterocycles. The van der Waals surface area contributed by atoms with Gasteiger partial charge in [0.1, 0.15) is 0 Å². The third-order valence-corrected chi connectivity index (χ3v) is 3.03. The lowest BCUT2D eigenvalue weighted by molar-refractivity contribution is 0.184. The van der Waals surface area contributed by atoms with Gasteiger partial charge in [0.05, 0.1) is 6.10 Å². The maximum atomic E-state index is 9.58. The molecule has 1 nitrogen and oxygen atoms in total. The minimum Gasteiger partial charge on any atom is -0.387 e. The molecule has 64 valence electrons. The average molecular weight is 180 g/mol. The van der Waals surface area contributed by atoms with Gasteiger partial charge in [0, 0.05) is 11.3 Å². The first kappa shape index (κ1) is 9.31. The van der Waals surface area contributed by atoms with Crippen molar-refractivity contribution < 1.29 is 5.11 Å². The van der Waals surface area contributed by atoms with E-state index in [4.69, 9.17) is 6.42 Å². The number of terminal acetylenes is 1. The third kappa shape index (κ3) is 1.69. The Morgan fingerprint density at radius 2 is 2.33 bits per heavy atom. The van der Waals surface area contributed by atoms with E-state index in [1.807, 2.05) is 19.2 Å². The first-order valence-electron chi connectivity index (χ1n) is 3.83. The zero-order valence-electron chi connectivity index (χ0n) is 7.29. The summed E-state index contributed by atoms with van der Waals surface area (Å²) in [6, 6.07) is 0. The molecule has 1 heterocycles. The normalized spacial score (nSPS) is 12.5. The highest BCUT2D eigenvalue weighted by Crippen LogP contribution is 2.27. The molecule has 0 bridgehead atoms. The van der Waals surface area contributed by atoms with Crippen LogP contribution in [0, 0.1) is 26.2 Å². The topological polar surface area (TPSA) is 20.2 Å². The first-order valence-corrected chi connectivity index (χ1v) is 4.71. The van der Waals surface area contributed by atoms with Crippen molar-refractivity contribution in [2.75, 3.05) is 0 Å². The van der Waals surface area contributed by atoms with E-state index in [0.717, 1.165) is 5.56 Å². The number of thiophene rings is 1. The molecule has 2 heteroatoms. The fourth-order valence-corrected chi connectivity index (χ4v) is 2.01. The molecular formula is C10H12OS. The number of aliphatic hydroxyl groups is 1. The predicted octanol–water partition coefficient (Wildman–Crippen LogP) is 2.42. The number of hydrogen-bond donors (Lipinski definition) is 1. The summed E-state index contributed by atoms with van der Waals surface area (Å²) in [5.74, 6) is 2.46. The van der Waals surface area contributed by atoms with E-state index in [1.54, 1.807) is 11.3 Å². The summed E-state index contributed by atoms with van der Waals surface area (Å²) >= 11 is 1.66. The van der Waals surface area contributed by atoms with Crippen LogP contribution >= 0.6 is 11.3 Å². The second kappa shape index (κ2) is 3.75. The summed E-state index contributed by atoms with van der Waals surface area (Å²) in [6.45, 7) is 4.06. The third-order valence-electron chi connectivity index (χ3n) is 1.99. The van der Waals surface area contributed by atoms with Crippen molar-refractivity contribution in [3.63, 3.8) is 0 Å². The van der Waals surface area contributed by atoms with Gasteiger partial charge in [0.2, 0.25) is 0 Å². The van der Waals surface area contributed by atoms with Gasteiger partial charge in [-0.15, -0.1) is 23.7 Å². The van der Waals surface area contributed by atoms with Gasteiger partial charge in [0.25, 0.3) is 0 Å². The van der Waals surface area contributed by atoms with E-state index >= 15 is 0 Å². The first-order chi connectivity index (χ1) is 5.66. The van der Waals surface area contributed by atoms with Crippen molar-refractivity contribution in [1.82, 2.24) is 0 Å². The van der Waals surface area contributed by atoms with Gasteiger partial charge in [-0.1, -0.05) is 0 Å². The fourth-order valence-electron chi connectivity index (χ4n) is 1.08. The Morgan fingerprint density at radius 1 is 1.67 bits per heavy atom. The summed E-state index contributed by atoms with van der Waals surface area (Å²) < 4.78 is 0. The molecule has 0 radical (unpaired) electrons. The number of aliphatic hydroxyl groups excluding tert-OH is 1. The van der Waals surface area contributed by atoms with Crippen LogP contribution in [0.1, 0.15) is 28.5 Å². The molecule has 0 aliphatic rings. The molecule has 0 saturated heterocycles. The molecule has 0 aliphatic carbocycles. The molecule has 1 aromatic rings. The van der Waals surface area contributed by atoms with E-state index in [9.17, 15) is 5.11 Å². The summed E-state index contributed by atoms with van der Waals surface area (Å²) in [4.78, 5) is 1.25. The molecule has 0 fully saturated rings. The predicted molar refractivity (Wildman–Crippen MR) is 52.2 cm³/mol. The van der Waals surface area contributed by atoms with Crippen LogP contribution in [0.2, 0.25) is 0 Å². The van der Waals surface area contributed by atoms with Crippen LogP contribution < -0.4 is 0 Å². The highest BCUT2D eigenvalue weighted by molar-refractivity contribution is 7.10. The Balaban J connectivity index is 2.89. The molecule has 0 aromatic carbocycles. The minimum atomic E-state index is -0.486. The van der Waals surface area contributed by atoms with Crippen molar-refractivity contribution in [3.8, 4) is 12.3 Å². The van der Waals surface area contributed by atoms with Crippen LogP contribution in [0.5, 0.6) is 0 Å². The molecule has 0 saturated carbocycles. The highest BCUT2D eigenvalue weighted by Gasteiger charge is 2.11. The van der Waals surface area contributed by atoms with Gasteiger partial charge in [-0.2, -0.15) is 0 Å². The van der Waals surface area contributed by atoms with Crippen molar-refractivity contribution in [2.45, 2.75) is 26.4 Å². The van der Waals surface area contributed by atoms with Crippen LogP contribution in [-0.4, -0.2) is 5.11 Å². The van der Waals surface area contributed by atoms with E-state index in [1.165, 1.54) is 10.4 Å². The largest absolute Gasteiger partial charge is 0.387 e. The monoisotopic (exact) mass is 180 g/mol. The lowest BCUT2D eigenvalue weighted by Crippen LogP contribution is -1.95. The molecule has 1 unspecified atom stereocenters. The van der Waals surface area contributed by atoms with E-state index in [0.29, 0.717) is 6.42 Å². The molecule has 0 spiro atoms. The molecule has 0 amide bonds. The Bertz CT molecular complexity index is 306. The summed E-state index contributed by atoms with van der Waals surface area (Å²) in [5.41, 5.74) is 2.15. The molecule has 12 heavy (non-hydrogen) atoms. The quantitative estimate of drug-likeness (QED) is 0.693. The zero-order valence-corrected chi connectivity index (χ0v) is 8.11. The van der Waals surface area contributed by atoms with Gasteiger partial charge in [-0.25, -0.2) is 0 Å². The van der Waals surface area contributed by atoms with Crippen molar-refractivity contribution in [2.24, 2.45) is 0 Å². The summed E-state index contributed by atoms with van der Waals surface area (Å²) in [7, 11) is 0. The molecular weight excluding hydrogens is 168 g/mol. The maximum Gasteiger partial charge on any atom is 0.0909 e. The van der Waals surface area contributed by atoms with Gasteiger partial charge >= 0.3 is 0 Å². The SMILES string of the molecule is C#CCC(O)c1csc(C)c1C. The average Bonchev–Trinajstić information content (AvgIpc) is 2.34. The van der Waals surface area contributed by atoms with Gasteiger partial charge in [-0.05, 0) is 30.4 Å². The lowest BCUT2D eigenvalue weighted by Gasteiger charge is -2.05. The minimum absolute atomic E-state index is 0.400. The second-order valence-electron chi connectivity index (χ2n) is 2.80. The maximum absolute atomic E-state index is 9.58. The Morgan fingerprint density at radius 3 is 2.75 bits per heavy atom. The number of rotatable bonds is 2. The van der Waals surface area contributed by atoms with Crippen LogP contribution in [-0.2, 0) is 0 Å². The van der Waals surface area contributed by atoms with Crippen molar-refractivity contribution in [3.05, 3.63) is 21.4 Å². The van der Waals surface area contributed by atoms with Gasteiger partial charge in [-0.3, -0.25) is 0 Å². The van der Waals surface area contributed by atoms with Crippen molar-refractivity contribution >= 4 is 11.3 Å². The van der Waals surface area contributed by atoms with E-state index < -0.39 is 6.10 Å². The molecule has 1 atom stereocenters. The number of aryl methyl sites for hydroxylation is 1. The molecule has 1 rings (SSSR count). The Labute approximate surface area is 77.1 Å². The fraction of sp³-hybridized carbons (Fsp3) is 0.400. The smallest absolute Gasteiger partial charge is 0.0909 e. The standard InChI is InChI=1S/C10H12OS/c1-4-5-10(11)9-6-12-8(3)7(9)2/h1,6,10-11H,5H2,2-3H3. The Kier molecular flexibility index (Phi) is 2.91. The molecule has 0 aliphatic heterocycles. The molecule has 1 N–H and O–H groups in total.